The van der Waals surface area contributed by atoms with Gasteiger partial charge in [0.2, 0.25) is 0 Å². The van der Waals surface area contributed by atoms with Gasteiger partial charge in [0.1, 0.15) is 32.3 Å². The Morgan fingerprint density at radius 1 is 0.588 bits per heavy atom. The Balaban J connectivity index is 0.000000347. The average molecular weight is 767 g/mol. The van der Waals surface area contributed by atoms with Crippen LogP contribution in [0.5, 0.6) is 34.5 Å². The zero-order chi connectivity index (χ0) is 36.6. The molecular weight excluding hydrogens is 721 g/mol. The molecule has 0 atom stereocenters. The van der Waals surface area contributed by atoms with E-state index >= 15 is 0 Å². The van der Waals surface area contributed by atoms with E-state index in [2.05, 4.69) is 13.8 Å². The first-order valence-corrected chi connectivity index (χ1v) is 19.8. The number of ether oxygens (including phenoxy) is 2. The zero-order valence-electron chi connectivity index (χ0n) is 29.3. The van der Waals surface area contributed by atoms with Crippen LogP contribution in [0.15, 0.2) is 94.7 Å². The van der Waals surface area contributed by atoms with Gasteiger partial charge in [-0.1, -0.05) is 125 Å². The van der Waals surface area contributed by atoms with Gasteiger partial charge in [-0.25, -0.2) is 8.42 Å². The molecule has 0 aliphatic rings. The SMILES string of the molecule is CCCCCCCc1ccc(S(=O)(=O)O)c(Oc2ccccc2)c1O.CCCCCCCc1ccc(S(=O)(=O)[O-])c(Oc2ccccc2)c1[O-].[Ca+2]. The third kappa shape index (κ3) is 14.6. The van der Waals surface area contributed by atoms with E-state index in [1.807, 2.05) is 0 Å². The van der Waals surface area contributed by atoms with Crippen molar-refractivity contribution in [2.45, 2.75) is 101 Å². The number of phenols is 1. The number of aryl methyl sites for hydroxylation is 2. The quantitative estimate of drug-likeness (QED) is 0.0568. The fraction of sp³-hybridized carbons (Fsp3) is 0.368. The summed E-state index contributed by atoms with van der Waals surface area (Å²) in [6.45, 7) is 4.28. The molecule has 4 aromatic carbocycles. The van der Waals surface area contributed by atoms with E-state index in [0.29, 0.717) is 35.5 Å². The Hall–Kier alpha value is -2.84. The molecule has 0 saturated heterocycles. The van der Waals surface area contributed by atoms with Crippen LogP contribution in [0.3, 0.4) is 0 Å². The average Bonchev–Trinajstić information content (AvgIpc) is 3.08. The molecule has 10 nitrogen and oxygen atoms in total. The van der Waals surface area contributed by atoms with Gasteiger partial charge in [0.25, 0.3) is 10.1 Å². The van der Waals surface area contributed by atoms with Gasteiger partial charge in [-0.15, -0.1) is 0 Å². The fourth-order valence-corrected chi connectivity index (χ4v) is 6.43. The van der Waals surface area contributed by atoms with Crippen molar-refractivity contribution in [3.63, 3.8) is 0 Å². The van der Waals surface area contributed by atoms with E-state index in [1.165, 1.54) is 30.7 Å². The summed E-state index contributed by atoms with van der Waals surface area (Å²) in [5.74, 6) is -0.731. The van der Waals surface area contributed by atoms with Crippen LogP contribution >= 0.6 is 0 Å². The molecule has 2 N–H and O–H groups in total. The maximum absolute atomic E-state index is 12.6. The van der Waals surface area contributed by atoms with Crippen molar-refractivity contribution < 1.29 is 45.6 Å². The number of para-hydroxylation sites is 2. The number of benzene rings is 4. The smallest absolute Gasteiger partial charge is 0.870 e. The topological polar surface area (TPSA) is 173 Å². The molecule has 0 spiro atoms. The van der Waals surface area contributed by atoms with Crippen molar-refractivity contribution >= 4 is 58.0 Å². The zero-order valence-corrected chi connectivity index (χ0v) is 33.1. The Bertz CT molecular complexity index is 1710. The van der Waals surface area contributed by atoms with Gasteiger partial charge in [0, 0.05) is 0 Å². The van der Waals surface area contributed by atoms with Gasteiger partial charge in [0.05, 0.1) is 4.90 Å². The summed E-state index contributed by atoms with van der Waals surface area (Å²) in [6.07, 6.45) is 11.8. The third-order valence-electron chi connectivity index (χ3n) is 7.91. The third-order valence-corrected chi connectivity index (χ3v) is 9.65. The summed E-state index contributed by atoms with van der Waals surface area (Å²) < 4.78 is 78.0. The summed E-state index contributed by atoms with van der Waals surface area (Å²) in [6, 6.07) is 22.3. The van der Waals surface area contributed by atoms with E-state index in [0.717, 1.165) is 57.8 Å². The molecule has 0 unspecified atom stereocenters. The largest absolute Gasteiger partial charge is 2.00 e. The summed E-state index contributed by atoms with van der Waals surface area (Å²) in [5, 5.41) is 23.1. The Kier molecular flexibility index (Phi) is 19.4. The second-order valence-electron chi connectivity index (χ2n) is 11.9. The van der Waals surface area contributed by atoms with Crippen LogP contribution < -0.4 is 14.6 Å². The summed E-state index contributed by atoms with van der Waals surface area (Å²) in [7, 11) is -9.31. The Morgan fingerprint density at radius 3 is 1.49 bits per heavy atom. The minimum absolute atomic E-state index is 0. The first-order chi connectivity index (χ1) is 23.9. The number of phenolic OH excluding ortho intramolecular Hbond substituents is 1. The van der Waals surface area contributed by atoms with E-state index in [9.17, 15) is 36.2 Å². The number of aromatic hydroxyl groups is 1. The van der Waals surface area contributed by atoms with Crippen molar-refractivity contribution in [2.24, 2.45) is 0 Å². The summed E-state index contributed by atoms with van der Waals surface area (Å²) >= 11 is 0. The minimum atomic E-state index is -4.80. The van der Waals surface area contributed by atoms with Crippen LogP contribution in [-0.2, 0) is 33.1 Å². The molecule has 0 heterocycles. The molecule has 13 heteroatoms. The van der Waals surface area contributed by atoms with Crippen LogP contribution in [0.1, 0.15) is 89.2 Å². The number of rotatable bonds is 18. The van der Waals surface area contributed by atoms with E-state index in [4.69, 9.17) is 9.47 Å². The predicted molar refractivity (Wildman–Crippen MR) is 195 cm³/mol. The molecule has 51 heavy (non-hydrogen) atoms. The monoisotopic (exact) mass is 766 g/mol. The molecule has 0 saturated carbocycles. The normalized spacial score (nSPS) is 11.2. The van der Waals surface area contributed by atoms with Gasteiger partial charge in [0.15, 0.2) is 11.5 Å². The van der Waals surface area contributed by atoms with Crippen molar-refractivity contribution in [1.29, 1.82) is 0 Å². The van der Waals surface area contributed by atoms with E-state index < -0.39 is 41.5 Å². The van der Waals surface area contributed by atoms with Crippen LogP contribution in [0.2, 0.25) is 0 Å². The van der Waals surface area contributed by atoms with Crippen LogP contribution in [0.25, 0.3) is 0 Å². The first-order valence-electron chi connectivity index (χ1n) is 16.9. The van der Waals surface area contributed by atoms with Crippen molar-refractivity contribution in [1.82, 2.24) is 0 Å². The fourth-order valence-electron chi connectivity index (χ4n) is 5.22. The van der Waals surface area contributed by atoms with Crippen molar-refractivity contribution in [3.8, 4) is 34.5 Å². The molecule has 0 aliphatic carbocycles. The van der Waals surface area contributed by atoms with E-state index in [-0.39, 0.29) is 49.2 Å². The Labute approximate surface area is 332 Å². The molecule has 0 fully saturated rings. The van der Waals surface area contributed by atoms with Gasteiger partial charge >= 0.3 is 37.7 Å². The molecule has 0 radical (unpaired) electrons. The maximum Gasteiger partial charge on any atom is 2.00 e. The second kappa shape index (κ2) is 22.3. The molecule has 0 bridgehead atoms. The van der Waals surface area contributed by atoms with Crippen LogP contribution in [0.4, 0.5) is 0 Å². The standard InChI is InChI=1S/2C19H24O5S.Ca/c2*1-2-3-4-5-7-10-15-13-14-17(25(21,22)23)19(18(15)20)24-16-11-8-6-9-12-16;/h2*6,8-9,11-14,20H,2-5,7,10H2,1H3,(H,21,22,23);/q;;+2/p-2. The van der Waals surface area contributed by atoms with Gasteiger partial charge in [-0.05, 0) is 67.6 Å². The number of hydrogen-bond donors (Lipinski definition) is 2. The molecule has 272 valence electrons. The molecule has 4 aromatic rings. The van der Waals surface area contributed by atoms with Crippen molar-refractivity contribution in [2.75, 3.05) is 0 Å². The maximum atomic E-state index is 12.6. The van der Waals surface area contributed by atoms with Gasteiger partial charge < -0.3 is 24.2 Å². The minimum Gasteiger partial charge on any atom is -0.870 e. The molecule has 0 aliphatic heterocycles. The molecular formula is C38H46CaO10S2. The van der Waals surface area contributed by atoms with Crippen LogP contribution in [-0.4, -0.2) is 68.8 Å². The van der Waals surface area contributed by atoms with Gasteiger partial charge in [-0.2, -0.15) is 8.42 Å². The van der Waals surface area contributed by atoms with Crippen LogP contribution in [0, 0.1) is 0 Å². The molecule has 4 rings (SSSR count). The summed E-state index contributed by atoms with van der Waals surface area (Å²) in [5.41, 5.74) is 1.07. The van der Waals surface area contributed by atoms with E-state index in [1.54, 1.807) is 60.7 Å². The molecule has 0 aromatic heterocycles. The molecule has 0 amide bonds. The first kappa shape index (κ1) is 44.3. The van der Waals surface area contributed by atoms with Crippen molar-refractivity contribution in [3.05, 3.63) is 96.1 Å². The van der Waals surface area contributed by atoms with Gasteiger partial charge in [-0.3, -0.25) is 4.55 Å². The summed E-state index contributed by atoms with van der Waals surface area (Å²) in [4.78, 5) is -1.06. The predicted octanol–water partition coefficient (Wildman–Crippen LogP) is 8.53. The number of hydrogen-bond acceptors (Lipinski definition) is 9. The number of unbranched alkanes of at least 4 members (excludes halogenated alkanes) is 8. The second-order valence-corrected chi connectivity index (χ2v) is 14.6. The Morgan fingerprint density at radius 2 is 1.02 bits per heavy atom.